The van der Waals surface area contributed by atoms with Crippen LogP contribution in [0.1, 0.15) is 24.2 Å². The monoisotopic (exact) mass is 374 g/mol. The third-order valence-corrected chi connectivity index (χ3v) is 5.73. The van der Waals surface area contributed by atoms with E-state index in [2.05, 4.69) is 4.72 Å². The Bertz CT molecular complexity index is 878. The zero-order valence-electron chi connectivity index (χ0n) is 14.8. The van der Waals surface area contributed by atoms with E-state index in [1.165, 1.54) is 12.1 Å². The number of ether oxygens (including phenoxy) is 1. The number of benzene rings is 2. The first-order chi connectivity index (χ1) is 12.3. The van der Waals surface area contributed by atoms with Crippen molar-refractivity contribution in [3.63, 3.8) is 0 Å². The van der Waals surface area contributed by atoms with E-state index < -0.39 is 10.0 Å². The minimum absolute atomic E-state index is 0.0873. The first-order valence-corrected chi connectivity index (χ1v) is 9.86. The molecule has 1 fully saturated rings. The molecule has 1 aliphatic rings. The summed E-state index contributed by atoms with van der Waals surface area (Å²) in [6.07, 6.45) is 0. The predicted molar refractivity (Wildman–Crippen MR) is 99.6 cm³/mol. The van der Waals surface area contributed by atoms with Gasteiger partial charge in [0.1, 0.15) is 0 Å². The lowest BCUT2D eigenvalue weighted by atomic mass is 10.0. The molecule has 0 aromatic heterocycles. The maximum atomic E-state index is 12.8. The topological polar surface area (TPSA) is 75.7 Å². The summed E-state index contributed by atoms with van der Waals surface area (Å²) in [4.78, 5) is 14.7. The number of carbonyl (C=O) groups excluding carboxylic acids is 1. The summed E-state index contributed by atoms with van der Waals surface area (Å²) in [6.45, 7) is 5.48. The van der Waals surface area contributed by atoms with E-state index in [9.17, 15) is 13.2 Å². The van der Waals surface area contributed by atoms with Crippen LogP contribution in [0.25, 0.3) is 0 Å². The van der Waals surface area contributed by atoms with Crippen molar-refractivity contribution in [1.82, 2.24) is 4.90 Å². The van der Waals surface area contributed by atoms with Gasteiger partial charge in [-0.05, 0) is 50.2 Å². The molecule has 0 unspecified atom stereocenters. The van der Waals surface area contributed by atoms with Crippen LogP contribution in [0.15, 0.2) is 59.5 Å². The number of carbonyl (C=O) groups is 1. The minimum Gasteiger partial charge on any atom is -0.377 e. The van der Waals surface area contributed by atoms with Crippen LogP contribution in [0.4, 0.5) is 5.69 Å². The fraction of sp³-hybridized carbons (Fsp3) is 0.316. The maximum Gasteiger partial charge on any atom is 0.261 e. The molecule has 6 nitrogen and oxygen atoms in total. The summed E-state index contributed by atoms with van der Waals surface area (Å²) in [7, 11) is -3.65. The highest BCUT2D eigenvalue weighted by Gasteiger charge is 2.34. The molecule has 0 atom stereocenters. The van der Waals surface area contributed by atoms with Crippen molar-refractivity contribution in [1.29, 1.82) is 0 Å². The van der Waals surface area contributed by atoms with Crippen molar-refractivity contribution in [3.8, 4) is 0 Å². The van der Waals surface area contributed by atoms with Crippen molar-refractivity contribution in [3.05, 3.63) is 60.2 Å². The van der Waals surface area contributed by atoms with Crippen LogP contribution in [0, 0.1) is 0 Å². The highest BCUT2D eigenvalue weighted by molar-refractivity contribution is 7.92. The molecule has 2 aromatic rings. The van der Waals surface area contributed by atoms with Crippen LogP contribution in [0.3, 0.4) is 0 Å². The summed E-state index contributed by atoms with van der Waals surface area (Å²) in [5.74, 6) is -0.0873. The van der Waals surface area contributed by atoms with Crippen LogP contribution in [0.5, 0.6) is 0 Å². The Balaban J connectivity index is 1.75. The lowest BCUT2D eigenvalue weighted by molar-refractivity contribution is -0.0370. The average molecular weight is 374 g/mol. The van der Waals surface area contributed by atoms with Crippen LogP contribution in [0.2, 0.25) is 0 Å². The van der Waals surface area contributed by atoms with Crippen LogP contribution < -0.4 is 4.72 Å². The summed E-state index contributed by atoms with van der Waals surface area (Å²) in [5, 5.41) is 0. The molecule has 0 aliphatic carbocycles. The molecular formula is C19H22N2O4S. The van der Waals surface area contributed by atoms with E-state index in [-0.39, 0.29) is 16.3 Å². The third-order valence-electron chi connectivity index (χ3n) is 4.33. The smallest absolute Gasteiger partial charge is 0.261 e. The number of anilines is 1. The van der Waals surface area contributed by atoms with Crippen molar-refractivity contribution < 1.29 is 17.9 Å². The van der Waals surface area contributed by atoms with Crippen molar-refractivity contribution in [2.24, 2.45) is 0 Å². The zero-order chi connectivity index (χ0) is 18.8. The maximum absolute atomic E-state index is 12.8. The number of morpholine rings is 1. The second-order valence-electron chi connectivity index (χ2n) is 6.82. The quantitative estimate of drug-likeness (QED) is 0.893. The SMILES string of the molecule is CC1(C)COCCN1C(=O)c1ccc(NS(=O)(=O)c2ccccc2)cc1. The van der Waals surface area contributed by atoms with Gasteiger partial charge < -0.3 is 9.64 Å². The molecule has 138 valence electrons. The van der Waals surface area contributed by atoms with Gasteiger partial charge >= 0.3 is 0 Å². The van der Waals surface area contributed by atoms with Crippen molar-refractivity contribution in [2.75, 3.05) is 24.5 Å². The Morgan fingerprint density at radius 3 is 2.35 bits per heavy atom. The number of hydrogen-bond donors (Lipinski definition) is 1. The molecule has 1 N–H and O–H groups in total. The number of rotatable bonds is 4. The number of amides is 1. The second kappa shape index (κ2) is 7.09. The first kappa shape index (κ1) is 18.4. The van der Waals surface area contributed by atoms with Gasteiger partial charge in [0.2, 0.25) is 0 Å². The van der Waals surface area contributed by atoms with Gasteiger partial charge in [-0.1, -0.05) is 18.2 Å². The summed E-state index contributed by atoms with van der Waals surface area (Å²) < 4.78 is 32.7. The number of sulfonamides is 1. The van der Waals surface area contributed by atoms with Gasteiger partial charge in [0.25, 0.3) is 15.9 Å². The third kappa shape index (κ3) is 3.89. The van der Waals surface area contributed by atoms with Gasteiger partial charge in [0.15, 0.2) is 0 Å². The highest BCUT2D eigenvalue weighted by atomic mass is 32.2. The van der Waals surface area contributed by atoms with E-state index >= 15 is 0 Å². The van der Waals surface area contributed by atoms with Crippen LogP contribution >= 0.6 is 0 Å². The van der Waals surface area contributed by atoms with Gasteiger partial charge in [0.05, 0.1) is 23.6 Å². The van der Waals surface area contributed by atoms with Gasteiger partial charge in [0, 0.05) is 17.8 Å². The molecule has 26 heavy (non-hydrogen) atoms. The molecule has 3 rings (SSSR count). The second-order valence-corrected chi connectivity index (χ2v) is 8.50. The number of nitrogens with zero attached hydrogens (tertiary/aromatic N) is 1. The van der Waals surface area contributed by atoms with Crippen molar-refractivity contribution >= 4 is 21.6 Å². The number of hydrogen-bond acceptors (Lipinski definition) is 4. The van der Waals surface area contributed by atoms with Gasteiger partial charge in [-0.2, -0.15) is 0 Å². The lowest BCUT2D eigenvalue weighted by Gasteiger charge is -2.42. The van der Waals surface area contributed by atoms with Gasteiger partial charge in [-0.3, -0.25) is 9.52 Å². The molecule has 0 radical (unpaired) electrons. The average Bonchev–Trinajstić information content (AvgIpc) is 2.62. The Labute approximate surface area is 153 Å². The molecular weight excluding hydrogens is 352 g/mol. The van der Waals surface area contributed by atoms with Crippen molar-refractivity contribution in [2.45, 2.75) is 24.3 Å². The van der Waals surface area contributed by atoms with E-state index in [0.29, 0.717) is 31.0 Å². The fourth-order valence-corrected chi connectivity index (χ4v) is 3.96. The normalized spacial score (nSPS) is 16.9. The zero-order valence-corrected chi connectivity index (χ0v) is 15.6. The molecule has 2 aromatic carbocycles. The molecule has 0 spiro atoms. The Morgan fingerprint density at radius 2 is 1.73 bits per heavy atom. The van der Waals surface area contributed by atoms with Crippen LogP contribution in [-0.2, 0) is 14.8 Å². The van der Waals surface area contributed by atoms with E-state index in [4.69, 9.17) is 4.74 Å². The Kier molecular flexibility index (Phi) is 5.02. The molecule has 7 heteroatoms. The Morgan fingerprint density at radius 1 is 1.08 bits per heavy atom. The largest absolute Gasteiger partial charge is 0.377 e. The standard InChI is InChI=1S/C19H22N2O4S/c1-19(2)14-25-13-12-21(19)18(22)15-8-10-16(11-9-15)20-26(23,24)17-6-4-3-5-7-17/h3-11,20H,12-14H2,1-2H3. The molecule has 1 heterocycles. The van der Waals surface area contributed by atoms with E-state index in [1.807, 2.05) is 13.8 Å². The predicted octanol–water partition coefficient (Wildman–Crippen LogP) is 2.74. The summed E-state index contributed by atoms with van der Waals surface area (Å²) in [6, 6.07) is 14.6. The Hall–Kier alpha value is -2.38. The first-order valence-electron chi connectivity index (χ1n) is 8.37. The van der Waals surface area contributed by atoms with Gasteiger partial charge in [-0.25, -0.2) is 8.42 Å². The van der Waals surface area contributed by atoms with Gasteiger partial charge in [-0.15, -0.1) is 0 Å². The van der Waals surface area contributed by atoms with E-state index in [1.54, 1.807) is 47.4 Å². The number of nitrogens with one attached hydrogen (secondary N) is 1. The molecule has 0 bridgehead atoms. The highest BCUT2D eigenvalue weighted by Crippen LogP contribution is 2.23. The molecule has 0 saturated carbocycles. The summed E-state index contributed by atoms with van der Waals surface area (Å²) >= 11 is 0. The minimum atomic E-state index is -3.65. The molecule has 1 amide bonds. The van der Waals surface area contributed by atoms with E-state index in [0.717, 1.165) is 0 Å². The van der Waals surface area contributed by atoms with Crippen LogP contribution in [-0.4, -0.2) is 44.5 Å². The molecule has 1 saturated heterocycles. The summed E-state index contributed by atoms with van der Waals surface area (Å²) in [5.41, 5.74) is 0.553. The molecule has 1 aliphatic heterocycles. The fourth-order valence-electron chi connectivity index (χ4n) is 2.89. The lowest BCUT2D eigenvalue weighted by Crippen LogP contribution is -2.55.